The summed E-state index contributed by atoms with van der Waals surface area (Å²) >= 11 is 1.16. The van der Waals surface area contributed by atoms with Gasteiger partial charge in [0, 0.05) is 11.3 Å². The number of nitrogens with zero attached hydrogens (tertiary/aromatic N) is 3. The molecule has 0 bridgehead atoms. The fourth-order valence-corrected chi connectivity index (χ4v) is 2.71. The maximum Gasteiger partial charge on any atom is 0.234 e. The van der Waals surface area contributed by atoms with Crippen LogP contribution in [0.5, 0.6) is 0 Å². The predicted molar refractivity (Wildman–Crippen MR) is 91.5 cm³/mol. The molecule has 3 rings (SSSR count). The number of carbonyl (C=O) groups excluding carboxylic acids is 2. The number of aromatic nitrogens is 3. The van der Waals surface area contributed by atoms with E-state index in [4.69, 9.17) is 0 Å². The van der Waals surface area contributed by atoms with E-state index >= 15 is 0 Å². The lowest BCUT2D eigenvalue weighted by atomic mass is 10.2. The van der Waals surface area contributed by atoms with Crippen molar-refractivity contribution in [3.8, 4) is 5.69 Å². The summed E-state index contributed by atoms with van der Waals surface area (Å²) in [5.74, 6) is -1.64. The Labute approximate surface area is 147 Å². The molecule has 3 aromatic rings. The fourth-order valence-electron chi connectivity index (χ4n) is 2.11. The molecule has 8 heteroatoms. The van der Waals surface area contributed by atoms with E-state index in [-0.39, 0.29) is 22.9 Å². The second kappa shape index (κ2) is 7.63. The number of carbonyl (C=O) groups is 2. The summed E-state index contributed by atoms with van der Waals surface area (Å²) < 4.78 is 1.62. The van der Waals surface area contributed by atoms with Crippen molar-refractivity contribution in [1.29, 1.82) is 0 Å². The molecule has 2 aromatic carbocycles. The highest BCUT2D eigenvalue weighted by molar-refractivity contribution is 7.99. The first kappa shape index (κ1) is 16.7. The van der Waals surface area contributed by atoms with Crippen molar-refractivity contribution in [2.24, 2.45) is 0 Å². The topological polar surface area (TPSA) is 99.9 Å². The molecule has 7 nitrogen and oxygen atoms in total. The van der Waals surface area contributed by atoms with Crippen molar-refractivity contribution >= 4 is 29.3 Å². The van der Waals surface area contributed by atoms with Gasteiger partial charge in [-0.25, -0.2) is 9.67 Å². The van der Waals surface area contributed by atoms with Gasteiger partial charge in [-0.1, -0.05) is 48.2 Å². The van der Waals surface area contributed by atoms with Gasteiger partial charge in [-0.15, -0.1) is 5.10 Å². The maximum atomic E-state index is 12.0. The molecule has 1 aromatic heterocycles. The van der Waals surface area contributed by atoms with Gasteiger partial charge in [0.15, 0.2) is 0 Å². The molecule has 0 unspecified atom stereocenters. The average Bonchev–Trinajstić information content (AvgIpc) is 3.10. The molecular weight excluding hydrogens is 340 g/mol. The molecule has 126 valence electrons. The highest BCUT2D eigenvalue weighted by Gasteiger charge is 2.10. The van der Waals surface area contributed by atoms with Crippen LogP contribution in [0.15, 0.2) is 66.1 Å². The summed E-state index contributed by atoms with van der Waals surface area (Å²) in [6, 6.07) is 15.6. The van der Waals surface area contributed by atoms with Gasteiger partial charge in [0.05, 0.1) is 17.4 Å². The summed E-state index contributed by atoms with van der Waals surface area (Å²) in [7, 11) is 0. The maximum absolute atomic E-state index is 12.0. The minimum absolute atomic E-state index is 0.0557. The van der Waals surface area contributed by atoms with Crippen LogP contribution in [0.2, 0.25) is 0 Å². The Bertz CT molecular complexity index is 896. The van der Waals surface area contributed by atoms with Gasteiger partial charge in [0.1, 0.15) is 6.33 Å². The van der Waals surface area contributed by atoms with Gasteiger partial charge in [-0.05, 0) is 18.2 Å². The van der Waals surface area contributed by atoms with Crippen LogP contribution in [-0.4, -0.2) is 32.4 Å². The SMILES string of the molecule is O=C(CSc1ncn(-c2ccccc2)n1)Nc1ccccc1C(=O)[O-]. The highest BCUT2D eigenvalue weighted by Crippen LogP contribution is 2.17. The first-order valence-electron chi connectivity index (χ1n) is 7.33. The van der Waals surface area contributed by atoms with Gasteiger partial charge >= 0.3 is 0 Å². The van der Waals surface area contributed by atoms with Crippen LogP contribution >= 0.6 is 11.8 Å². The quantitative estimate of drug-likeness (QED) is 0.672. The minimum atomic E-state index is -1.34. The molecule has 0 aliphatic heterocycles. The molecule has 0 fully saturated rings. The highest BCUT2D eigenvalue weighted by atomic mass is 32.2. The van der Waals surface area contributed by atoms with Crippen LogP contribution < -0.4 is 10.4 Å². The zero-order valence-electron chi connectivity index (χ0n) is 13.0. The van der Waals surface area contributed by atoms with Gasteiger partial charge in [-0.2, -0.15) is 0 Å². The second-order valence-electron chi connectivity index (χ2n) is 4.98. The van der Waals surface area contributed by atoms with E-state index in [9.17, 15) is 14.7 Å². The van der Waals surface area contributed by atoms with Gasteiger partial charge in [-0.3, -0.25) is 4.79 Å². The molecule has 0 radical (unpaired) electrons. The number of hydrogen-bond donors (Lipinski definition) is 1. The van der Waals surface area contributed by atoms with Crippen molar-refractivity contribution in [1.82, 2.24) is 14.8 Å². The van der Waals surface area contributed by atoms with E-state index in [2.05, 4.69) is 15.4 Å². The number of thioether (sulfide) groups is 1. The van der Waals surface area contributed by atoms with Crippen LogP contribution in [0.1, 0.15) is 10.4 Å². The molecule has 1 amide bonds. The molecule has 0 aliphatic carbocycles. The van der Waals surface area contributed by atoms with E-state index in [1.54, 1.807) is 23.1 Å². The summed E-state index contributed by atoms with van der Waals surface area (Å²) in [5, 5.41) is 18.3. The Kier molecular flexibility index (Phi) is 5.10. The van der Waals surface area contributed by atoms with Crippen LogP contribution in [0.25, 0.3) is 5.69 Å². The average molecular weight is 353 g/mol. The molecule has 0 saturated heterocycles. The number of rotatable bonds is 6. The van der Waals surface area contributed by atoms with E-state index in [0.717, 1.165) is 17.4 Å². The lowest BCUT2D eigenvalue weighted by Crippen LogP contribution is -2.25. The second-order valence-corrected chi connectivity index (χ2v) is 5.92. The number of para-hydroxylation sites is 2. The van der Waals surface area contributed by atoms with Crippen molar-refractivity contribution < 1.29 is 14.7 Å². The molecule has 0 spiro atoms. The Morgan fingerprint density at radius 1 is 1.08 bits per heavy atom. The lowest BCUT2D eigenvalue weighted by molar-refractivity contribution is -0.254. The number of carboxylic acid groups (broad SMARTS) is 1. The van der Waals surface area contributed by atoms with Gasteiger partial charge < -0.3 is 15.2 Å². The number of hydrogen-bond acceptors (Lipinski definition) is 6. The van der Waals surface area contributed by atoms with Crippen LogP contribution in [0.4, 0.5) is 5.69 Å². The number of anilines is 1. The normalized spacial score (nSPS) is 10.4. The molecule has 0 saturated carbocycles. The van der Waals surface area contributed by atoms with Crippen LogP contribution in [0.3, 0.4) is 0 Å². The largest absolute Gasteiger partial charge is 0.545 e. The Balaban J connectivity index is 1.60. The minimum Gasteiger partial charge on any atom is -0.545 e. The van der Waals surface area contributed by atoms with E-state index in [1.807, 2.05) is 30.3 Å². The number of carboxylic acids is 1. The third-order valence-corrected chi connectivity index (χ3v) is 4.10. The van der Waals surface area contributed by atoms with Crippen LogP contribution in [0, 0.1) is 0 Å². The van der Waals surface area contributed by atoms with Crippen molar-refractivity contribution in [2.75, 3.05) is 11.1 Å². The first-order valence-corrected chi connectivity index (χ1v) is 8.32. The summed E-state index contributed by atoms with van der Waals surface area (Å²) in [6.07, 6.45) is 1.57. The van der Waals surface area contributed by atoms with Crippen molar-refractivity contribution in [3.05, 3.63) is 66.5 Å². The number of benzene rings is 2. The predicted octanol–water partition coefficient (Wildman–Crippen LogP) is 1.36. The van der Waals surface area contributed by atoms with Gasteiger partial charge in [0.2, 0.25) is 11.1 Å². The monoisotopic (exact) mass is 353 g/mol. The van der Waals surface area contributed by atoms with Crippen molar-refractivity contribution in [3.63, 3.8) is 0 Å². The fraction of sp³-hybridized carbons (Fsp3) is 0.0588. The molecule has 0 aliphatic rings. The first-order chi connectivity index (χ1) is 12.1. The summed E-state index contributed by atoms with van der Waals surface area (Å²) in [5.41, 5.74) is 1.01. The van der Waals surface area contributed by atoms with E-state index in [1.165, 1.54) is 12.1 Å². The molecule has 1 N–H and O–H groups in total. The smallest absolute Gasteiger partial charge is 0.234 e. The Morgan fingerprint density at radius 3 is 2.56 bits per heavy atom. The van der Waals surface area contributed by atoms with Crippen LogP contribution in [-0.2, 0) is 4.79 Å². The molecule has 1 heterocycles. The molecule has 25 heavy (non-hydrogen) atoms. The molecule has 0 atom stereocenters. The summed E-state index contributed by atoms with van der Waals surface area (Å²) in [4.78, 5) is 27.2. The lowest BCUT2D eigenvalue weighted by Gasteiger charge is -2.10. The molecular formula is C17H13N4O3S-. The standard InChI is InChI=1S/C17H14N4O3S/c22-15(19-14-9-5-4-8-13(14)16(23)24)10-25-17-18-11-21(20-17)12-6-2-1-3-7-12/h1-9,11H,10H2,(H,19,22)(H,23,24)/p-1. The van der Waals surface area contributed by atoms with E-state index in [0.29, 0.717) is 5.16 Å². The number of aromatic carboxylic acids is 1. The number of nitrogens with one attached hydrogen (secondary N) is 1. The number of amides is 1. The third-order valence-electron chi connectivity index (χ3n) is 3.24. The van der Waals surface area contributed by atoms with Gasteiger partial charge in [0.25, 0.3) is 0 Å². The van der Waals surface area contributed by atoms with E-state index < -0.39 is 5.97 Å². The third kappa shape index (κ3) is 4.24. The Morgan fingerprint density at radius 2 is 1.80 bits per heavy atom. The zero-order chi connectivity index (χ0) is 17.6. The zero-order valence-corrected chi connectivity index (χ0v) is 13.8. The summed E-state index contributed by atoms with van der Waals surface area (Å²) in [6.45, 7) is 0. The Hall–Kier alpha value is -3.13. The van der Waals surface area contributed by atoms with Crippen molar-refractivity contribution in [2.45, 2.75) is 5.16 Å².